The van der Waals surface area contributed by atoms with Crippen LogP contribution in [0.1, 0.15) is 11.1 Å². The van der Waals surface area contributed by atoms with Gasteiger partial charge in [-0.3, -0.25) is 0 Å². The molecule has 0 fully saturated rings. The molecule has 0 aromatic heterocycles. The summed E-state index contributed by atoms with van der Waals surface area (Å²) in [6, 6.07) is 12.7. The molecule has 0 spiro atoms. The normalized spacial score (nSPS) is 10.5. The van der Waals surface area contributed by atoms with Crippen LogP contribution in [0.15, 0.2) is 47.4 Å². The molecule has 17 heavy (non-hydrogen) atoms. The summed E-state index contributed by atoms with van der Waals surface area (Å²) in [7, 11) is 0. The van der Waals surface area contributed by atoms with Gasteiger partial charge in [0.1, 0.15) is 0 Å². The topological polar surface area (TPSA) is 0 Å². The molecule has 0 heterocycles. The first-order chi connectivity index (χ1) is 8.18. The standard InChI is InChI=1S/C14H12F2S/c1-10-13(8-7-12(15)14(10)16)17-9-11-5-3-2-4-6-11/h2-8H,9H2,1H3. The van der Waals surface area contributed by atoms with Gasteiger partial charge in [-0.05, 0) is 24.6 Å². The highest BCUT2D eigenvalue weighted by Gasteiger charge is 2.09. The number of hydrogen-bond donors (Lipinski definition) is 0. The molecule has 0 atom stereocenters. The molecule has 0 saturated heterocycles. The molecule has 0 radical (unpaired) electrons. The van der Waals surface area contributed by atoms with Crippen LogP contribution in [0.3, 0.4) is 0 Å². The van der Waals surface area contributed by atoms with Crippen molar-refractivity contribution in [1.82, 2.24) is 0 Å². The van der Waals surface area contributed by atoms with Crippen LogP contribution in [-0.2, 0) is 5.75 Å². The number of rotatable bonds is 3. The van der Waals surface area contributed by atoms with Gasteiger partial charge in [0.2, 0.25) is 0 Å². The third-order valence-corrected chi connectivity index (χ3v) is 3.76. The van der Waals surface area contributed by atoms with E-state index in [0.29, 0.717) is 5.56 Å². The summed E-state index contributed by atoms with van der Waals surface area (Å²) >= 11 is 1.52. The molecule has 0 aliphatic rings. The number of thioether (sulfide) groups is 1. The summed E-state index contributed by atoms with van der Waals surface area (Å²) in [5.41, 5.74) is 1.55. The summed E-state index contributed by atoms with van der Waals surface area (Å²) in [5, 5.41) is 0. The maximum Gasteiger partial charge on any atom is 0.162 e. The molecular formula is C14H12F2S. The van der Waals surface area contributed by atoms with E-state index in [1.165, 1.54) is 23.4 Å². The Hall–Kier alpha value is -1.35. The Kier molecular flexibility index (Phi) is 3.79. The molecule has 0 nitrogen and oxygen atoms in total. The maximum atomic E-state index is 13.3. The van der Waals surface area contributed by atoms with Crippen molar-refractivity contribution < 1.29 is 8.78 Å². The van der Waals surface area contributed by atoms with E-state index in [1.54, 1.807) is 13.0 Å². The lowest BCUT2D eigenvalue weighted by atomic mass is 10.2. The van der Waals surface area contributed by atoms with Gasteiger partial charge in [-0.25, -0.2) is 8.78 Å². The molecule has 88 valence electrons. The van der Waals surface area contributed by atoms with E-state index in [1.807, 2.05) is 30.3 Å². The lowest BCUT2D eigenvalue weighted by molar-refractivity contribution is 0.499. The smallest absolute Gasteiger partial charge is 0.162 e. The summed E-state index contributed by atoms with van der Waals surface area (Å²) < 4.78 is 26.3. The second-order valence-electron chi connectivity index (χ2n) is 3.76. The monoisotopic (exact) mass is 250 g/mol. The largest absolute Gasteiger partial charge is 0.204 e. The minimum absolute atomic E-state index is 0.380. The fourth-order valence-corrected chi connectivity index (χ4v) is 2.51. The first-order valence-corrected chi connectivity index (χ1v) is 6.28. The van der Waals surface area contributed by atoms with Gasteiger partial charge in [0.25, 0.3) is 0 Å². The number of hydrogen-bond acceptors (Lipinski definition) is 1. The molecule has 2 aromatic carbocycles. The van der Waals surface area contributed by atoms with Crippen LogP contribution in [0.4, 0.5) is 8.78 Å². The van der Waals surface area contributed by atoms with Gasteiger partial charge < -0.3 is 0 Å². The van der Waals surface area contributed by atoms with Crippen molar-refractivity contribution in [2.75, 3.05) is 0 Å². The van der Waals surface area contributed by atoms with E-state index in [4.69, 9.17) is 0 Å². The Bertz CT molecular complexity index is 509. The van der Waals surface area contributed by atoms with Gasteiger partial charge in [-0.15, -0.1) is 11.8 Å². The molecule has 2 aromatic rings. The molecule has 3 heteroatoms. The Labute approximate surface area is 104 Å². The highest BCUT2D eigenvalue weighted by Crippen LogP contribution is 2.28. The summed E-state index contributed by atoms with van der Waals surface area (Å²) in [4.78, 5) is 0.785. The molecular weight excluding hydrogens is 238 g/mol. The predicted molar refractivity (Wildman–Crippen MR) is 67.1 cm³/mol. The third kappa shape index (κ3) is 2.86. The van der Waals surface area contributed by atoms with Crippen LogP contribution < -0.4 is 0 Å². The predicted octanol–water partition coefficient (Wildman–Crippen LogP) is 4.57. The van der Waals surface area contributed by atoms with Gasteiger partial charge in [0.05, 0.1) is 0 Å². The van der Waals surface area contributed by atoms with Crippen LogP contribution in [0.5, 0.6) is 0 Å². The molecule has 0 aliphatic heterocycles. The van der Waals surface area contributed by atoms with Crippen molar-refractivity contribution in [1.29, 1.82) is 0 Å². The average Bonchev–Trinajstić information content (AvgIpc) is 2.36. The zero-order valence-corrected chi connectivity index (χ0v) is 10.2. The van der Waals surface area contributed by atoms with Crippen LogP contribution in [0, 0.1) is 18.6 Å². The second kappa shape index (κ2) is 5.32. The van der Waals surface area contributed by atoms with Crippen molar-refractivity contribution in [2.45, 2.75) is 17.6 Å². The summed E-state index contributed by atoms with van der Waals surface area (Å²) in [6.07, 6.45) is 0. The van der Waals surface area contributed by atoms with Gasteiger partial charge in [-0.1, -0.05) is 30.3 Å². The first kappa shape index (κ1) is 12.1. The zero-order chi connectivity index (χ0) is 12.3. The lowest BCUT2D eigenvalue weighted by Crippen LogP contribution is -1.91. The quantitative estimate of drug-likeness (QED) is 0.719. The van der Waals surface area contributed by atoms with Gasteiger partial charge in [0, 0.05) is 16.2 Å². The van der Waals surface area contributed by atoms with Crippen LogP contribution in [0.2, 0.25) is 0 Å². The molecule has 0 amide bonds. The molecule has 2 rings (SSSR count). The van der Waals surface area contributed by atoms with Crippen LogP contribution in [0.25, 0.3) is 0 Å². The van der Waals surface area contributed by atoms with E-state index in [9.17, 15) is 8.78 Å². The van der Waals surface area contributed by atoms with E-state index < -0.39 is 11.6 Å². The molecule has 0 bridgehead atoms. The third-order valence-electron chi connectivity index (χ3n) is 2.53. The van der Waals surface area contributed by atoms with Crippen LogP contribution >= 0.6 is 11.8 Å². The fourth-order valence-electron chi connectivity index (χ4n) is 1.53. The maximum absolute atomic E-state index is 13.3. The number of benzene rings is 2. The Morgan fingerprint density at radius 2 is 1.71 bits per heavy atom. The minimum Gasteiger partial charge on any atom is -0.204 e. The van der Waals surface area contributed by atoms with Gasteiger partial charge in [-0.2, -0.15) is 0 Å². The van der Waals surface area contributed by atoms with E-state index in [-0.39, 0.29) is 0 Å². The van der Waals surface area contributed by atoms with E-state index in [0.717, 1.165) is 10.6 Å². The van der Waals surface area contributed by atoms with Crippen molar-refractivity contribution in [3.63, 3.8) is 0 Å². The van der Waals surface area contributed by atoms with E-state index >= 15 is 0 Å². The molecule has 0 unspecified atom stereocenters. The van der Waals surface area contributed by atoms with Crippen molar-refractivity contribution in [2.24, 2.45) is 0 Å². The highest BCUT2D eigenvalue weighted by molar-refractivity contribution is 7.98. The first-order valence-electron chi connectivity index (χ1n) is 5.30. The molecule has 0 saturated carbocycles. The Morgan fingerprint density at radius 1 is 1.00 bits per heavy atom. The SMILES string of the molecule is Cc1c(SCc2ccccc2)ccc(F)c1F. The Morgan fingerprint density at radius 3 is 2.41 bits per heavy atom. The average molecular weight is 250 g/mol. The molecule has 0 N–H and O–H groups in total. The molecule has 0 aliphatic carbocycles. The van der Waals surface area contributed by atoms with E-state index in [2.05, 4.69) is 0 Å². The van der Waals surface area contributed by atoms with Crippen molar-refractivity contribution >= 4 is 11.8 Å². The van der Waals surface area contributed by atoms with Gasteiger partial charge in [0.15, 0.2) is 11.6 Å². The van der Waals surface area contributed by atoms with Crippen molar-refractivity contribution in [3.8, 4) is 0 Å². The van der Waals surface area contributed by atoms with Gasteiger partial charge >= 0.3 is 0 Å². The fraction of sp³-hybridized carbons (Fsp3) is 0.143. The minimum atomic E-state index is -0.786. The summed E-state index contributed by atoms with van der Waals surface area (Å²) in [6.45, 7) is 1.60. The summed E-state index contributed by atoms with van der Waals surface area (Å²) in [5.74, 6) is -0.776. The number of halogens is 2. The van der Waals surface area contributed by atoms with Crippen molar-refractivity contribution in [3.05, 3.63) is 65.2 Å². The lowest BCUT2D eigenvalue weighted by Gasteiger charge is -2.07. The Balaban J connectivity index is 2.13. The van der Waals surface area contributed by atoms with Crippen LogP contribution in [-0.4, -0.2) is 0 Å². The zero-order valence-electron chi connectivity index (χ0n) is 9.41. The second-order valence-corrected chi connectivity index (χ2v) is 4.78. The highest BCUT2D eigenvalue weighted by atomic mass is 32.2.